The lowest BCUT2D eigenvalue weighted by molar-refractivity contribution is 0.0940. The van der Waals surface area contributed by atoms with Crippen LogP contribution in [0.3, 0.4) is 0 Å². The van der Waals surface area contributed by atoms with Gasteiger partial charge in [-0.05, 0) is 38.5 Å². The number of carbonyl (C=O) groups is 1. The van der Waals surface area contributed by atoms with E-state index < -0.39 is 9.84 Å². The fourth-order valence-corrected chi connectivity index (χ4v) is 4.04. The molecule has 122 valence electrons. The Morgan fingerprint density at radius 1 is 1.23 bits per heavy atom. The second-order valence-electron chi connectivity index (χ2n) is 5.10. The van der Waals surface area contributed by atoms with E-state index in [9.17, 15) is 13.2 Å². The number of ether oxygens (including phenoxy) is 2. The summed E-state index contributed by atoms with van der Waals surface area (Å²) in [5, 5.41) is 2.76. The van der Waals surface area contributed by atoms with Crippen LogP contribution in [0, 0.1) is 0 Å². The monoisotopic (exact) mass is 327 g/mol. The first-order valence-corrected chi connectivity index (χ1v) is 9.18. The third-order valence-corrected chi connectivity index (χ3v) is 5.14. The van der Waals surface area contributed by atoms with Gasteiger partial charge >= 0.3 is 0 Å². The maximum Gasteiger partial charge on any atom is 0.251 e. The topological polar surface area (TPSA) is 81.7 Å². The number of benzene rings is 1. The zero-order valence-electron chi connectivity index (χ0n) is 12.8. The zero-order chi connectivity index (χ0) is 16.2. The van der Waals surface area contributed by atoms with Crippen molar-refractivity contribution >= 4 is 15.7 Å². The van der Waals surface area contributed by atoms with Crippen molar-refractivity contribution in [3.63, 3.8) is 0 Å². The molecule has 1 fully saturated rings. The summed E-state index contributed by atoms with van der Waals surface area (Å²) in [4.78, 5) is 12.2. The fourth-order valence-electron chi connectivity index (χ4n) is 2.37. The summed E-state index contributed by atoms with van der Waals surface area (Å²) in [6.45, 7) is 4.69. The van der Waals surface area contributed by atoms with Crippen LogP contribution in [-0.2, 0) is 9.84 Å². The summed E-state index contributed by atoms with van der Waals surface area (Å²) in [5.41, 5.74) is 0.427. The first-order chi connectivity index (χ1) is 10.4. The third-order valence-electron chi connectivity index (χ3n) is 3.37. The van der Waals surface area contributed by atoms with Gasteiger partial charge in [0.15, 0.2) is 21.3 Å². The van der Waals surface area contributed by atoms with Crippen molar-refractivity contribution < 1.29 is 22.7 Å². The Hall–Kier alpha value is -1.76. The van der Waals surface area contributed by atoms with Gasteiger partial charge in [0.2, 0.25) is 0 Å². The van der Waals surface area contributed by atoms with Crippen molar-refractivity contribution in [1.29, 1.82) is 0 Å². The lowest BCUT2D eigenvalue weighted by Crippen LogP contribution is -2.35. The minimum absolute atomic E-state index is 0.00802. The Bertz CT molecular complexity index is 641. The molecule has 2 rings (SSSR count). The molecular weight excluding hydrogens is 306 g/mol. The minimum Gasteiger partial charge on any atom is -0.490 e. The van der Waals surface area contributed by atoms with Crippen molar-refractivity contribution in [2.45, 2.75) is 26.3 Å². The summed E-state index contributed by atoms with van der Waals surface area (Å²) in [7, 11) is -3.01. The molecule has 6 nitrogen and oxygen atoms in total. The molecule has 1 atom stereocenters. The van der Waals surface area contributed by atoms with E-state index >= 15 is 0 Å². The van der Waals surface area contributed by atoms with Crippen molar-refractivity contribution in [3.8, 4) is 11.5 Å². The second kappa shape index (κ2) is 7.00. The van der Waals surface area contributed by atoms with Gasteiger partial charge < -0.3 is 14.8 Å². The van der Waals surface area contributed by atoms with E-state index in [0.717, 1.165) is 0 Å². The molecule has 0 aliphatic carbocycles. The average molecular weight is 327 g/mol. The van der Waals surface area contributed by atoms with Crippen molar-refractivity contribution in [3.05, 3.63) is 23.8 Å². The highest BCUT2D eigenvalue weighted by molar-refractivity contribution is 7.91. The molecule has 0 spiro atoms. The van der Waals surface area contributed by atoms with Gasteiger partial charge in [-0.3, -0.25) is 4.79 Å². The summed E-state index contributed by atoms with van der Waals surface area (Å²) < 4.78 is 33.8. The van der Waals surface area contributed by atoms with E-state index in [1.54, 1.807) is 18.2 Å². The van der Waals surface area contributed by atoms with E-state index in [1.807, 2.05) is 13.8 Å². The average Bonchev–Trinajstić information content (AvgIpc) is 2.80. The van der Waals surface area contributed by atoms with Crippen LogP contribution in [-0.4, -0.2) is 45.1 Å². The van der Waals surface area contributed by atoms with Crippen molar-refractivity contribution in [2.24, 2.45) is 0 Å². The van der Waals surface area contributed by atoms with E-state index in [2.05, 4.69) is 5.32 Å². The number of hydrogen-bond donors (Lipinski definition) is 1. The Labute approximate surface area is 130 Å². The van der Waals surface area contributed by atoms with Gasteiger partial charge in [0.1, 0.15) is 0 Å². The first-order valence-electron chi connectivity index (χ1n) is 7.36. The number of sulfone groups is 1. The van der Waals surface area contributed by atoms with Crippen molar-refractivity contribution in [2.75, 3.05) is 24.7 Å². The Morgan fingerprint density at radius 3 is 2.50 bits per heavy atom. The first kappa shape index (κ1) is 16.6. The maximum absolute atomic E-state index is 12.2. The maximum atomic E-state index is 12.2. The normalized spacial score (nSPS) is 19.6. The van der Waals surface area contributed by atoms with E-state index in [0.29, 0.717) is 36.7 Å². The largest absolute Gasteiger partial charge is 0.490 e. The van der Waals surface area contributed by atoms with Crippen LogP contribution < -0.4 is 14.8 Å². The molecule has 0 bridgehead atoms. The summed E-state index contributed by atoms with van der Waals surface area (Å²) in [6, 6.07) is 4.63. The molecule has 1 aliphatic rings. The molecule has 1 aromatic rings. The number of rotatable bonds is 6. The quantitative estimate of drug-likeness (QED) is 0.854. The molecule has 1 saturated heterocycles. The van der Waals surface area contributed by atoms with Crippen LogP contribution in [0.2, 0.25) is 0 Å². The molecule has 1 aromatic carbocycles. The minimum atomic E-state index is -3.01. The van der Waals surface area contributed by atoms with Gasteiger partial charge in [-0.25, -0.2) is 8.42 Å². The molecule has 1 N–H and O–H groups in total. The lowest BCUT2D eigenvalue weighted by Gasteiger charge is -2.14. The Kier molecular flexibility index (Phi) is 5.28. The number of hydrogen-bond acceptors (Lipinski definition) is 5. The van der Waals surface area contributed by atoms with Gasteiger partial charge in [-0.2, -0.15) is 0 Å². The number of amides is 1. The predicted octanol–water partition coefficient (Wildman–Crippen LogP) is 1.40. The van der Waals surface area contributed by atoms with Crippen LogP contribution in [0.15, 0.2) is 18.2 Å². The van der Waals surface area contributed by atoms with Crippen LogP contribution in [0.5, 0.6) is 11.5 Å². The molecule has 1 aliphatic heterocycles. The molecular formula is C15H21NO5S. The summed E-state index contributed by atoms with van der Waals surface area (Å²) in [5.74, 6) is 0.936. The van der Waals surface area contributed by atoms with E-state index in [4.69, 9.17) is 9.47 Å². The molecule has 1 unspecified atom stereocenters. The lowest BCUT2D eigenvalue weighted by atomic mass is 10.1. The summed E-state index contributed by atoms with van der Waals surface area (Å²) >= 11 is 0. The Balaban J connectivity index is 2.11. The van der Waals surface area contributed by atoms with Crippen molar-refractivity contribution in [1.82, 2.24) is 5.32 Å². The predicted molar refractivity (Wildman–Crippen MR) is 83.3 cm³/mol. The highest BCUT2D eigenvalue weighted by Gasteiger charge is 2.29. The molecule has 22 heavy (non-hydrogen) atoms. The van der Waals surface area contributed by atoms with Crippen LogP contribution in [0.25, 0.3) is 0 Å². The highest BCUT2D eigenvalue weighted by atomic mass is 32.2. The molecule has 7 heteroatoms. The van der Waals surface area contributed by atoms with Gasteiger partial charge in [0.05, 0.1) is 24.7 Å². The molecule has 0 aromatic heterocycles. The molecule has 1 heterocycles. The van der Waals surface area contributed by atoms with Gasteiger partial charge in [0.25, 0.3) is 5.91 Å². The number of carbonyl (C=O) groups excluding carboxylic acids is 1. The van der Waals surface area contributed by atoms with E-state index in [-0.39, 0.29) is 23.5 Å². The Morgan fingerprint density at radius 2 is 1.91 bits per heavy atom. The second-order valence-corrected chi connectivity index (χ2v) is 7.33. The number of nitrogens with one attached hydrogen (secondary N) is 1. The fraction of sp³-hybridized carbons (Fsp3) is 0.533. The smallest absolute Gasteiger partial charge is 0.251 e. The zero-order valence-corrected chi connectivity index (χ0v) is 13.6. The molecule has 0 saturated carbocycles. The molecule has 0 radical (unpaired) electrons. The van der Waals surface area contributed by atoms with Gasteiger partial charge in [0, 0.05) is 11.6 Å². The van der Waals surface area contributed by atoms with Gasteiger partial charge in [-0.15, -0.1) is 0 Å². The van der Waals surface area contributed by atoms with Crippen LogP contribution in [0.1, 0.15) is 30.6 Å². The highest BCUT2D eigenvalue weighted by Crippen LogP contribution is 2.28. The summed E-state index contributed by atoms with van der Waals surface area (Å²) in [6.07, 6.45) is 0.462. The van der Waals surface area contributed by atoms with Gasteiger partial charge in [-0.1, -0.05) is 0 Å². The third kappa shape index (κ3) is 4.13. The standard InChI is InChI=1S/C15H21NO5S/c1-3-20-13-6-5-11(9-14(13)21-4-2)15(17)16-12-7-8-22(18,19)10-12/h5-6,9,12H,3-4,7-8,10H2,1-2H3,(H,16,17). The van der Waals surface area contributed by atoms with Crippen LogP contribution in [0.4, 0.5) is 0 Å². The van der Waals surface area contributed by atoms with Crippen LogP contribution >= 0.6 is 0 Å². The molecule has 1 amide bonds. The SMILES string of the molecule is CCOc1ccc(C(=O)NC2CCS(=O)(=O)C2)cc1OCC. The van der Waals surface area contributed by atoms with E-state index in [1.165, 1.54) is 0 Å².